The normalized spacial score (nSPS) is 11.6. The lowest BCUT2D eigenvalue weighted by Crippen LogP contribution is -2.30. The molecule has 0 atom stereocenters. The van der Waals surface area contributed by atoms with Gasteiger partial charge in [0, 0.05) is 11.7 Å². The number of hydrogen-bond acceptors (Lipinski definition) is 5. The molecule has 0 aliphatic heterocycles. The van der Waals surface area contributed by atoms with Gasteiger partial charge in [-0.3, -0.25) is 4.79 Å². The van der Waals surface area contributed by atoms with Crippen molar-refractivity contribution in [2.75, 3.05) is 5.32 Å². The minimum absolute atomic E-state index is 0.135. The minimum Gasteiger partial charge on any atom is -0.321 e. The predicted molar refractivity (Wildman–Crippen MR) is 76.2 cm³/mol. The fraction of sp³-hybridized carbons (Fsp3) is 0.250. The quantitative estimate of drug-likeness (QED) is 0.753. The number of sulfonamides is 1. The molecule has 2 rings (SSSR count). The highest BCUT2D eigenvalue weighted by Gasteiger charge is 2.15. The molecule has 0 aliphatic rings. The molecule has 2 aromatic rings. The third kappa shape index (κ3) is 3.86. The lowest BCUT2D eigenvalue weighted by molar-refractivity contribution is 0.102. The van der Waals surface area contributed by atoms with E-state index in [0.29, 0.717) is 5.69 Å². The van der Waals surface area contributed by atoms with Gasteiger partial charge in [0.05, 0.1) is 11.1 Å². The van der Waals surface area contributed by atoms with Crippen molar-refractivity contribution in [1.29, 1.82) is 0 Å². The number of carbonyl (C=O) groups excluding carboxylic acids is 1. The molecular formula is C12H15N5O3S. The van der Waals surface area contributed by atoms with Crippen LogP contribution in [0.3, 0.4) is 0 Å². The van der Waals surface area contributed by atoms with Gasteiger partial charge in [-0.25, -0.2) is 13.1 Å². The molecule has 0 saturated carbocycles. The number of benzene rings is 1. The molecule has 8 nitrogen and oxygen atoms in total. The summed E-state index contributed by atoms with van der Waals surface area (Å²) >= 11 is 0. The van der Waals surface area contributed by atoms with E-state index in [1.165, 1.54) is 30.5 Å². The lowest BCUT2D eigenvalue weighted by Gasteiger charge is -2.10. The maximum atomic E-state index is 11.9. The first-order chi connectivity index (χ1) is 9.88. The molecule has 21 heavy (non-hydrogen) atoms. The molecule has 3 N–H and O–H groups in total. The molecule has 0 aliphatic carbocycles. The molecule has 112 valence electrons. The van der Waals surface area contributed by atoms with E-state index in [2.05, 4.69) is 25.4 Å². The second-order valence-electron chi connectivity index (χ2n) is 4.61. The van der Waals surface area contributed by atoms with Gasteiger partial charge < -0.3 is 5.32 Å². The van der Waals surface area contributed by atoms with Crippen molar-refractivity contribution in [1.82, 2.24) is 20.1 Å². The fourth-order valence-electron chi connectivity index (χ4n) is 1.60. The van der Waals surface area contributed by atoms with Crippen LogP contribution < -0.4 is 10.0 Å². The summed E-state index contributed by atoms with van der Waals surface area (Å²) in [6.07, 6.45) is 1.29. The molecule has 0 spiro atoms. The molecule has 0 saturated heterocycles. The third-order valence-electron chi connectivity index (χ3n) is 2.46. The highest BCUT2D eigenvalue weighted by molar-refractivity contribution is 7.89. The summed E-state index contributed by atoms with van der Waals surface area (Å²) in [6.45, 7) is 3.48. The van der Waals surface area contributed by atoms with Crippen LogP contribution in [-0.2, 0) is 10.0 Å². The summed E-state index contributed by atoms with van der Waals surface area (Å²) in [4.78, 5) is 11.9. The topological polar surface area (TPSA) is 117 Å². The Hall–Kier alpha value is -2.26. The Morgan fingerprint density at radius 2 is 1.90 bits per heavy atom. The van der Waals surface area contributed by atoms with Gasteiger partial charge in [0.15, 0.2) is 5.69 Å². The van der Waals surface area contributed by atoms with E-state index >= 15 is 0 Å². The van der Waals surface area contributed by atoms with E-state index in [9.17, 15) is 13.2 Å². The summed E-state index contributed by atoms with van der Waals surface area (Å²) in [6, 6.07) is 5.66. The lowest BCUT2D eigenvalue weighted by atomic mass is 10.3. The van der Waals surface area contributed by atoms with Crippen molar-refractivity contribution in [3.05, 3.63) is 36.2 Å². The first-order valence-electron chi connectivity index (χ1n) is 6.18. The Kier molecular flexibility index (Phi) is 4.34. The molecule has 1 aromatic carbocycles. The largest absolute Gasteiger partial charge is 0.321 e. The van der Waals surface area contributed by atoms with Gasteiger partial charge in [0.25, 0.3) is 5.91 Å². The van der Waals surface area contributed by atoms with E-state index in [4.69, 9.17) is 0 Å². The van der Waals surface area contributed by atoms with Gasteiger partial charge in [-0.05, 0) is 38.1 Å². The van der Waals surface area contributed by atoms with Crippen molar-refractivity contribution in [2.45, 2.75) is 24.8 Å². The van der Waals surface area contributed by atoms with E-state index in [0.717, 1.165) is 0 Å². The number of hydrogen-bond donors (Lipinski definition) is 3. The van der Waals surface area contributed by atoms with Crippen molar-refractivity contribution in [3.63, 3.8) is 0 Å². The summed E-state index contributed by atoms with van der Waals surface area (Å²) in [7, 11) is -3.54. The molecule has 0 fully saturated rings. The van der Waals surface area contributed by atoms with Crippen molar-refractivity contribution in [2.24, 2.45) is 0 Å². The van der Waals surface area contributed by atoms with Crippen molar-refractivity contribution < 1.29 is 13.2 Å². The zero-order valence-corrected chi connectivity index (χ0v) is 12.3. The Bertz CT molecular complexity index is 708. The second-order valence-corrected chi connectivity index (χ2v) is 6.32. The minimum atomic E-state index is -3.54. The smallest absolute Gasteiger partial charge is 0.277 e. The van der Waals surface area contributed by atoms with Gasteiger partial charge >= 0.3 is 0 Å². The number of nitrogens with zero attached hydrogens (tertiary/aromatic N) is 2. The Balaban J connectivity index is 2.11. The molecule has 0 unspecified atom stereocenters. The molecule has 9 heteroatoms. The summed E-state index contributed by atoms with van der Waals surface area (Å²) in [5, 5.41) is 12.1. The van der Waals surface area contributed by atoms with E-state index in [1.807, 2.05) is 0 Å². The zero-order valence-electron chi connectivity index (χ0n) is 11.5. The highest BCUT2D eigenvalue weighted by atomic mass is 32.2. The maximum absolute atomic E-state index is 11.9. The Morgan fingerprint density at radius 3 is 2.43 bits per heavy atom. The monoisotopic (exact) mass is 309 g/mol. The van der Waals surface area contributed by atoms with Crippen LogP contribution in [0.2, 0.25) is 0 Å². The molecule has 0 radical (unpaired) electrons. The zero-order chi connectivity index (χ0) is 15.5. The number of H-pyrrole nitrogens is 1. The van der Waals surface area contributed by atoms with Crippen LogP contribution in [-0.4, -0.2) is 35.8 Å². The molecular weight excluding hydrogens is 294 g/mol. The highest BCUT2D eigenvalue weighted by Crippen LogP contribution is 2.15. The summed E-state index contributed by atoms with van der Waals surface area (Å²) < 4.78 is 26.4. The molecule has 1 aromatic heterocycles. The van der Waals surface area contributed by atoms with E-state index in [1.54, 1.807) is 13.8 Å². The van der Waals surface area contributed by atoms with E-state index in [-0.39, 0.29) is 16.6 Å². The number of amides is 1. The van der Waals surface area contributed by atoms with Crippen LogP contribution in [0.25, 0.3) is 0 Å². The average molecular weight is 309 g/mol. The van der Waals surface area contributed by atoms with Gasteiger partial charge in [-0.2, -0.15) is 15.4 Å². The predicted octanol–water partition coefficient (Wildman–Crippen LogP) is 0.744. The van der Waals surface area contributed by atoms with Gasteiger partial charge in [0.2, 0.25) is 10.0 Å². The first kappa shape index (κ1) is 15.1. The third-order valence-corrected chi connectivity index (χ3v) is 4.14. The average Bonchev–Trinajstić information content (AvgIpc) is 2.91. The van der Waals surface area contributed by atoms with Gasteiger partial charge in [-0.1, -0.05) is 0 Å². The van der Waals surface area contributed by atoms with Crippen LogP contribution in [0.4, 0.5) is 5.69 Å². The first-order valence-corrected chi connectivity index (χ1v) is 7.66. The standard InChI is InChI=1S/C12H15N5O3S/c1-8(2)16-21(19,20)10-5-3-9(4-6-10)14-12(18)11-7-13-17-15-11/h3-8,16H,1-2H3,(H,14,18)(H,13,15,17). The van der Waals surface area contributed by atoms with Crippen LogP contribution in [0.5, 0.6) is 0 Å². The molecule has 0 bridgehead atoms. The molecule has 1 heterocycles. The number of rotatable bonds is 5. The SMILES string of the molecule is CC(C)NS(=O)(=O)c1ccc(NC(=O)c2cn[nH]n2)cc1. The Labute approximate surface area is 122 Å². The Morgan fingerprint density at radius 1 is 1.24 bits per heavy atom. The van der Waals surface area contributed by atoms with Crippen molar-refractivity contribution in [3.8, 4) is 0 Å². The van der Waals surface area contributed by atoms with Gasteiger partial charge in [-0.15, -0.1) is 0 Å². The van der Waals surface area contributed by atoms with Crippen LogP contribution in [0.15, 0.2) is 35.4 Å². The van der Waals surface area contributed by atoms with Crippen LogP contribution in [0, 0.1) is 0 Å². The maximum Gasteiger partial charge on any atom is 0.277 e. The van der Waals surface area contributed by atoms with E-state index < -0.39 is 15.9 Å². The number of anilines is 1. The van der Waals surface area contributed by atoms with Crippen LogP contribution in [0.1, 0.15) is 24.3 Å². The number of nitrogens with one attached hydrogen (secondary N) is 3. The summed E-state index contributed by atoms with van der Waals surface area (Å²) in [5.74, 6) is -0.431. The summed E-state index contributed by atoms with van der Waals surface area (Å²) in [5.41, 5.74) is 0.611. The van der Waals surface area contributed by atoms with Crippen molar-refractivity contribution >= 4 is 21.6 Å². The second kappa shape index (κ2) is 6.02. The number of aromatic amines is 1. The van der Waals surface area contributed by atoms with Crippen LogP contribution >= 0.6 is 0 Å². The fourth-order valence-corrected chi connectivity index (χ4v) is 2.85. The van der Waals surface area contributed by atoms with Gasteiger partial charge in [0.1, 0.15) is 0 Å². The molecule has 1 amide bonds. The number of carbonyl (C=O) groups is 1. The number of aromatic nitrogens is 3.